The lowest BCUT2D eigenvalue weighted by Crippen LogP contribution is -2.22. The molecule has 0 spiro atoms. The minimum atomic E-state index is 0.0534. The zero-order valence-electron chi connectivity index (χ0n) is 11.7. The molecule has 0 saturated carbocycles. The lowest BCUT2D eigenvalue weighted by molar-refractivity contribution is 0.370. The molecule has 2 rings (SSSR count). The molecular weight excluding hydrogens is 250 g/mol. The highest BCUT2D eigenvalue weighted by Gasteiger charge is 2.07. The van der Waals surface area contributed by atoms with Gasteiger partial charge in [0.25, 0.3) is 5.56 Å². The maximum absolute atomic E-state index is 12.1. The summed E-state index contributed by atoms with van der Waals surface area (Å²) in [5, 5.41) is 0. The summed E-state index contributed by atoms with van der Waals surface area (Å²) in [5.41, 5.74) is 2.70. The number of ether oxygens (including phenoxy) is 1. The van der Waals surface area contributed by atoms with Crippen LogP contribution in [0.5, 0.6) is 5.75 Å². The second-order valence-corrected chi connectivity index (χ2v) is 4.47. The zero-order chi connectivity index (χ0) is 14.5. The highest BCUT2D eigenvalue weighted by atomic mass is 16.5. The fourth-order valence-corrected chi connectivity index (χ4v) is 2.10. The van der Waals surface area contributed by atoms with Crippen LogP contribution in [-0.2, 0) is 6.54 Å². The molecule has 1 aromatic heterocycles. The molecule has 0 atom stereocenters. The smallest absolute Gasteiger partial charge is 0.253 e. The maximum atomic E-state index is 12.1. The molecule has 0 aliphatic rings. The van der Waals surface area contributed by atoms with Crippen molar-refractivity contribution in [1.82, 2.24) is 4.57 Å². The van der Waals surface area contributed by atoms with Crippen molar-refractivity contribution in [2.45, 2.75) is 20.4 Å². The molecule has 0 radical (unpaired) electrons. The monoisotopic (exact) mass is 267 g/mol. The van der Waals surface area contributed by atoms with E-state index >= 15 is 0 Å². The average molecular weight is 267 g/mol. The van der Waals surface area contributed by atoms with E-state index in [0.29, 0.717) is 6.54 Å². The van der Waals surface area contributed by atoms with E-state index in [-0.39, 0.29) is 12.2 Å². The minimum Gasteiger partial charge on any atom is -0.481 e. The number of hydrogen-bond donors (Lipinski definition) is 0. The van der Waals surface area contributed by atoms with Crippen molar-refractivity contribution < 1.29 is 4.74 Å². The van der Waals surface area contributed by atoms with Crippen LogP contribution in [-0.4, -0.2) is 11.2 Å². The van der Waals surface area contributed by atoms with Gasteiger partial charge in [-0.25, -0.2) is 0 Å². The molecule has 0 aliphatic heterocycles. The summed E-state index contributed by atoms with van der Waals surface area (Å²) < 4.78 is 7.11. The molecule has 1 heterocycles. The number of pyridine rings is 1. The Morgan fingerprint density at radius 2 is 1.90 bits per heavy atom. The molecule has 0 unspecified atom stereocenters. The molecule has 3 heteroatoms. The van der Waals surface area contributed by atoms with Gasteiger partial charge in [0, 0.05) is 12.1 Å². The van der Waals surface area contributed by atoms with Crippen LogP contribution in [0.25, 0.3) is 11.3 Å². The molecule has 0 bridgehead atoms. The second-order valence-electron chi connectivity index (χ2n) is 4.47. The average Bonchev–Trinajstić information content (AvgIpc) is 2.48. The first-order valence-corrected chi connectivity index (χ1v) is 6.54. The first-order chi connectivity index (χ1) is 9.67. The Hall–Kier alpha value is -2.47. The molecule has 1 aromatic carbocycles. The first-order valence-electron chi connectivity index (χ1n) is 6.54. The Kier molecular flexibility index (Phi) is 4.27. The normalized spacial score (nSPS) is 10.1. The van der Waals surface area contributed by atoms with Crippen LogP contribution in [0.3, 0.4) is 0 Å². The highest BCUT2D eigenvalue weighted by Crippen LogP contribution is 2.21. The van der Waals surface area contributed by atoms with Gasteiger partial charge in [0.15, 0.2) is 0 Å². The van der Waals surface area contributed by atoms with Gasteiger partial charge in [-0.1, -0.05) is 12.0 Å². The molecule has 0 aliphatic carbocycles. The van der Waals surface area contributed by atoms with Crippen LogP contribution in [0.2, 0.25) is 0 Å². The first kappa shape index (κ1) is 14.0. The predicted octanol–water partition coefficient (Wildman–Crippen LogP) is 2.86. The number of aryl methyl sites for hydroxylation is 1. The van der Waals surface area contributed by atoms with Crippen molar-refractivity contribution in [2.24, 2.45) is 0 Å². The summed E-state index contributed by atoms with van der Waals surface area (Å²) in [7, 11) is 0. The van der Waals surface area contributed by atoms with Gasteiger partial charge < -0.3 is 9.30 Å². The minimum absolute atomic E-state index is 0.0534. The molecular formula is C17H17NO2. The number of hydrogen-bond acceptors (Lipinski definition) is 2. The summed E-state index contributed by atoms with van der Waals surface area (Å²) in [6.45, 7) is 4.69. The number of terminal acetylenes is 1. The van der Waals surface area contributed by atoms with Gasteiger partial charge >= 0.3 is 0 Å². The van der Waals surface area contributed by atoms with Gasteiger partial charge in [0.2, 0.25) is 0 Å². The van der Waals surface area contributed by atoms with Gasteiger partial charge in [0.05, 0.1) is 5.69 Å². The fraction of sp³-hybridized carbons (Fsp3) is 0.235. The van der Waals surface area contributed by atoms with Crippen molar-refractivity contribution in [3.8, 4) is 29.4 Å². The number of rotatable bonds is 4. The van der Waals surface area contributed by atoms with E-state index in [1.54, 1.807) is 4.57 Å². The Bertz CT molecular complexity index is 690. The zero-order valence-corrected chi connectivity index (χ0v) is 11.7. The summed E-state index contributed by atoms with van der Waals surface area (Å²) in [6, 6.07) is 11.4. The standard InChI is InChI=1S/C17H17NO2/c1-4-12-20-15-9-7-14(8-10-15)16-11-6-13(3)17(19)18(16)5-2/h1,6-11H,5,12H2,2-3H3. The third kappa shape index (κ3) is 2.75. The molecule has 0 saturated heterocycles. The van der Waals surface area contributed by atoms with Gasteiger partial charge in [-0.05, 0) is 49.7 Å². The molecule has 20 heavy (non-hydrogen) atoms. The predicted molar refractivity (Wildman–Crippen MR) is 80.9 cm³/mol. The Morgan fingerprint density at radius 3 is 2.50 bits per heavy atom. The molecule has 0 amide bonds. The van der Waals surface area contributed by atoms with Gasteiger partial charge in [-0.3, -0.25) is 4.79 Å². The van der Waals surface area contributed by atoms with Crippen molar-refractivity contribution >= 4 is 0 Å². The number of nitrogens with zero attached hydrogens (tertiary/aromatic N) is 1. The highest BCUT2D eigenvalue weighted by molar-refractivity contribution is 5.61. The lowest BCUT2D eigenvalue weighted by Gasteiger charge is -2.12. The van der Waals surface area contributed by atoms with Crippen LogP contribution in [0.1, 0.15) is 12.5 Å². The molecule has 3 nitrogen and oxygen atoms in total. The summed E-state index contributed by atoms with van der Waals surface area (Å²) >= 11 is 0. The molecule has 2 aromatic rings. The van der Waals surface area contributed by atoms with E-state index in [4.69, 9.17) is 11.2 Å². The molecule has 0 fully saturated rings. The quantitative estimate of drug-likeness (QED) is 0.798. The summed E-state index contributed by atoms with van der Waals surface area (Å²) in [6.07, 6.45) is 5.15. The Labute approximate surface area is 118 Å². The van der Waals surface area contributed by atoms with Crippen molar-refractivity contribution in [3.63, 3.8) is 0 Å². The van der Waals surface area contributed by atoms with Crippen LogP contribution in [0.15, 0.2) is 41.2 Å². The third-order valence-electron chi connectivity index (χ3n) is 3.15. The van der Waals surface area contributed by atoms with Crippen molar-refractivity contribution in [3.05, 3.63) is 52.3 Å². The van der Waals surface area contributed by atoms with Crippen LogP contribution < -0.4 is 10.3 Å². The Balaban J connectivity index is 2.40. The van der Waals surface area contributed by atoms with Crippen molar-refractivity contribution in [1.29, 1.82) is 0 Å². The third-order valence-corrected chi connectivity index (χ3v) is 3.15. The number of aromatic nitrogens is 1. The largest absolute Gasteiger partial charge is 0.481 e. The van der Waals surface area contributed by atoms with E-state index in [2.05, 4.69) is 5.92 Å². The van der Waals surface area contributed by atoms with Gasteiger partial charge in [0.1, 0.15) is 12.4 Å². The van der Waals surface area contributed by atoms with E-state index in [0.717, 1.165) is 22.6 Å². The van der Waals surface area contributed by atoms with Crippen LogP contribution in [0.4, 0.5) is 0 Å². The molecule has 102 valence electrons. The number of benzene rings is 1. The summed E-state index contributed by atoms with van der Waals surface area (Å²) in [5.74, 6) is 3.15. The molecule has 0 N–H and O–H groups in total. The van der Waals surface area contributed by atoms with Gasteiger partial charge in [-0.15, -0.1) is 6.42 Å². The fourth-order valence-electron chi connectivity index (χ4n) is 2.10. The lowest BCUT2D eigenvalue weighted by atomic mass is 10.1. The van der Waals surface area contributed by atoms with Crippen LogP contribution >= 0.6 is 0 Å². The van der Waals surface area contributed by atoms with E-state index < -0.39 is 0 Å². The van der Waals surface area contributed by atoms with E-state index in [1.165, 1.54) is 0 Å². The van der Waals surface area contributed by atoms with E-state index in [1.807, 2.05) is 50.2 Å². The Morgan fingerprint density at radius 1 is 1.20 bits per heavy atom. The topological polar surface area (TPSA) is 31.2 Å². The maximum Gasteiger partial charge on any atom is 0.253 e. The SMILES string of the molecule is C#CCOc1ccc(-c2ccc(C)c(=O)n2CC)cc1. The summed E-state index contributed by atoms with van der Waals surface area (Å²) in [4.78, 5) is 12.1. The second kappa shape index (κ2) is 6.12. The van der Waals surface area contributed by atoms with Gasteiger partial charge in [-0.2, -0.15) is 0 Å². The van der Waals surface area contributed by atoms with Crippen LogP contribution in [0, 0.1) is 19.3 Å². The van der Waals surface area contributed by atoms with Crippen molar-refractivity contribution in [2.75, 3.05) is 6.61 Å². The van der Waals surface area contributed by atoms with E-state index in [9.17, 15) is 4.79 Å².